The van der Waals surface area contributed by atoms with Crippen LogP contribution in [0.25, 0.3) is 6.08 Å². The van der Waals surface area contributed by atoms with Crippen molar-refractivity contribution >= 4 is 40.3 Å². The standard InChI is InChI=1S/C16H22N2O2S2/c1-4-17(5-2)9-6-10-18-15(19)14(22-16(18)21)11-13-8-7-12(3)20-13/h7-8,11H,4-6,9-10H2,1-3H3. The van der Waals surface area contributed by atoms with Crippen LogP contribution in [0.2, 0.25) is 0 Å². The smallest absolute Gasteiger partial charge is 0.266 e. The number of carbonyl (C=O) groups excluding carboxylic acids is 1. The van der Waals surface area contributed by atoms with Gasteiger partial charge in [0.15, 0.2) is 0 Å². The number of rotatable bonds is 7. The van der Waals surface area contributed by atoms with Crippen LogP contribution < -0.4 is 0 Å². The van der Waals surface area contributed by atoms with Gasteiger partial charge in [-0.25, -0.2) is 0 Å². The largest absolute Gasteiger partial charge is 0.462 e. The number of carbonyl (C=O) groups is 1. The van der Waals surface area contributed by atoms with Crippen molar-refractivity contribution in [2.75, 3.05) is 26.2 Å². The summed E-state index contributed by atoms with van der Waals surface area (Å²) in [6, 6.07) is 3.75. The molecule has 1 aromatic rings. The predicted molar refractivity (Wildman–Crippen MR) is 95.7 cm³/mol. The van der Waals surface area contributed by atoms with Crippen molar-refractivity contribution in [3.63, 3.8) is 0 Å². The van der Waals surface area contributed by atoms with E-state index in [0.29, 0.717) is 21.5 Å². The van der Waals surface area contributed by atoms with Crippen LogP contribution in [0.5, 0.6) is 0 Å². The molecule has 0 N–H and O–H groups in total. The minimum Gasteiger partial charge on any atom is -0.462 e. The van der Waals surface area contributed by atoms with Crippen molar-refractivity contribution in [1.29, 1.82) is 0 Å². The highest BCUT2D eigenvalue weighted by molar-refractivity contribution is 8.26. The monoisotopic (exact) mass is 338 g/mol. The maximum atomic E-state index is 12.4. The van der Waals surface area contributed by atoms with E-state index in [2.05, 4.69) is 18.7 Å². The van der Waals surface area contributed by atoms with Gasteiger partial charge in [-0.05, 0) is 45.1 Å². The Labute approximate surface area is 141 Å². The number of aryl methyl sites for hydroxylation is 1. The molecule has 1 aromatic heterocycles. The van der Waals surface area contributed by atoms with Crippen LogP contribution in [-0.4, -0.2) is 46.2 Å². The van der Waals surface area contributed by atoms with Crippen molar-refractivity contribution < 1.29 is 9.21 Å². The average molecular weight is 338 g/mol. The zero-order chi connectivity index (χ0) is 16.1. The minimum absolute atomic E-state index is 0.0106. The molecule has 2 rings (SSSR count). The second kappa shape index (κ2) is 7.94. The highest BCUT2D eigenvalue weighted by Gasteiger charge is 2.31. The van der Waals surface area contributed by atoms with Gasteiger partial charge in [0.2, 0.25) is 0 Å². The summed E-state index contributed by atoms with van der Waals surface area (Å²) in [5.41, 5.74) is 0. The number of amides is 1. The molecule has 1 aliphatic heterocycles. The zero-order valence-electron chi connectivity index (χ0n) is 13.3. The Hall–Kier alpha value is -1.11. The van der Waals surface area contributed by atoms with Crippen LogP contribution in [-0.2, 0) is 4.79 Å². The quantitative estimate of drug-likeness (QED) is 0.562. The second-order valence-electron chi connectivity index (χ2n) is 5.16. The molecule has 4 nitrogen and oxygen atoms in total. The Bertz CT molecular complexity index is 576. The minimum atomic E-state index is -0.0106. The Kier molecular flexibility index (Phi) is 6.23. The third-order valence-corrected chi connectivity index (χ3v) is 5.04. The van der Waals surface area contributed by atoms with Crippen LogP contribution in [0.1, 0.15) is 31.8 Å². The van der Waals surface area contributed by atoms with Crippen molar-refractivity contribution in [2.45, 2.75) is 27.2 Å². The van der Waals surface area contributed by atoms with Gasteiger partial charge >= 0.3 is 0 Å². The van der Waals surface area contributed by atoms with E-state index < -0.39 is 0 Å². The number of hydrogen-bond acceptors (Lipinski definition) is 5. The van der Waals surface area contributed by atoms with Crippen LogP contribution >= 0.6 is 24.0 Å². The first-order valence-corrected chi connectivity index (χ1v) is 8.81. The molecule has 0 unspecified atom stereocenters. The topological polar surface area (TPSA) is 36.7 Å². The van der Waals surface area contributed by atoms with E-state index >= 15 is 0 Å². The number of nitrogens with zero attached hydrogens (tertiary/aromatic N) is 2. The summed E-state index contributed by atoms with van der Waals surface area (Å²) in [5.74, 6) is 1.52. The van der Waals surface area contributed by atoms with Crippen LogP contribution in [0.15, 0.2) is 21.5 Å². The van der Waals surface area contributed by atoms with E-state index in [-0.39, 0.29) is 5.91 Å². The molecule has 0 radical (unpaired) electrons. The first-order chi connectivity index (χ1) is 10.5. The van der Waals surface area contributed by atoms with Gasteiger partial charge < -0.3 is 9.32 Å². The van der Waals surface area contributed by atoms with Gasteiger partial charge in [-0.15, -0.1) is 0 Å². The SMILES string of the molecule is CCN(CC)CCCN1C(=O)C(=Cc2ccc(C)o2)SC1=S. The van der Waals surface area contributed by atoms with Crippen LogP contribution in [0, 0.1) is 6.92 Å². The van der Waals surface area contributed by atoms with E-state index in [9.17, 15) is 4.79 Å². The molecule has 1 saturated heterocycles. The molecule has 0 aromatic carbocycles. The highest BCUT2D eigenvalue weighted by Crippen LogP contribution is 2.32. The first-order valence-electron chi connectivity index (χ1n) is 7.59. The fourth-order valence-electron chi connectivity index (χ4n) is 2.35. The molecule has 0 atom stereocenters. The van der Waals surface area contributed by atoms with Gasteiger partial charge in [0, 0.05) is 12.6 Å². The maximum Gasteiger partial charge on any atom is 0.266 e. The molecule has 2 heterocycles. The zero-order valence-corrected chi connectivity index (χ0v) is 14.9. The maximum absolute atomic E-state index is 12.4. The fraction of sp³-hybridized carbons (Fsp3) is 0.500. The lowest BCUT2D eigenvalue weighted by Gasteiger charge is -2.20. The van der Waals surface area contributed by atoms with Crippen molar-refractivity contribution in [3.8, 4) is 0 Å². The van der Waals surface area contributed by atoms with Gasteiger partial charge in [0.25, 0.3) is 5.91 Å². The lowest BCUT2D eigenvalue weighted by atomic mass is 10.3. The van der Waals surface area contributed by atoms with Gasteiger partial charge in [-0.3, -0.25) is 9.69 Å². The summed E-state index contributed by atoms with van der Waals surface area (Å²) in [5, 5.41) is 0. The first kappa shape index (κ1) is 17.2. The summed E-state index contributed by atoms with van der Waals surface area (Å²) in [6.07, 6.45) is 2.71. The van der Waals surface area contributed by atoms with E-state index in [1.807, 2.05) is 19.1 Å². The number of furan rings is 1. The molecular weight excluding hydrogens is 316 g/mol. The van der Waals surface area contributed by atoms with Crippen molar-refractivity contribution in [1.82, 2.24) is 9.80 Å². The average Bonchev–Trinajstić information content (AvgIpc) is 3.01. The van der Waals surface area contributed by atoms with E-state index in [0.717, 1.165) is 31.8 Å². The van der Waals surface area contributed by atoms with Crippen molar-refractivity contribution in [2.24, 2.45) is 0 Å². The van der Waals surface area contributed by atoms with Gasteiger partial charge in [-0.1, -0.05) is 37.8 Å². The Balaban J connectivity index is 1.95. The van der Waals surface area contributed by atoms with Crippen molar-refractivity contribution in [3.05, 3.63) is 28.6 Å². The third kappa shape index (κ3) is 4.21. The van der Waals surface area contributed by atoms with Gasteiger partial charge in [-0.2, -0.15) is 0 Å². The van der Waals surface area contributed by atoms with Gasteiger partial charge in [0.1, 0.15) is 15.8 Å². The molecule has 1 fully saturated rings. The molecular formula is C16H22N2O2S2. The summed E-state index contributed by atoms with van der Waals surface area (Å²) in [4.78, 5) is 17.1. The summed E-state index contributed by atoms with van der Waals surface area (Å²) in [7, 11) is 0. The predicted octanol–water partition coefficient (Wildman–Crippen LogP) is 3.52. The molecule has 0 bridgehead atoms. The number of thioether (sulfide) groups is 1. The molecule has 22 heavy (non-hydrogen) atoms. The lowest BCUT2D eigenvalue weighted by Crippen LogP contribution is -2.32. The van der Waals surface area contributed by atoms with Gasteiger partial charge in [0.05, 0.1) is 4.91 Å². The second-order valence-corrected chi connectivity index (χ2v) is 6.84. The summed E-state index contributed by atoms with van der Waals surface area (Å²) >= 11 is 6.69. The third-order valence-electron chi connectivity index (χ3n) is 3.66. The summed E-state index contributed by atoms with van der Waals surface area (Å²) in [6.45, 7) is 9.92. The molecule has 0 aliphatic carbocycles. The van der Waals surface area contributed by atoms with E-state index in [1.165, 1.54) is 11.8 Å². The van der Waals surface area contributed by atoms with Crippen LogP contribution in [0.3, 0.4) is 0 Å². The number of hydrogen-bond donors (Lipinski definition) is 0. The lowest BCUT2D eigenvalue weighted by molar-refractivity contribution is -0.122. The fourth-order valence-corrected chi connectivity index (χ4v) is 3.63. The summed E-state index contributed by atoms with van der Waals surface area (Å²) < 4.78 is 6.13. The molecule has 6 heteroatoms. The molecule has 1 amide bonds. The molecule has 1 aliphatic rings. The van der Waals surface area contributed by atoms with E-state index in [1.54, 1.807) is 11.0 Å². The Morgan fingerprint density at radius 2 is 2.09 bits per heavy atom. The number of thiocarbonyl (C=S) groups is 1. The van der Waals surface area contributed by atoms with E-state index in [4.69, 9.17) is 16.6 Å². The molecule has 120 valence electrons. The normalized spacial score (nSPS) is 17.3. The Morgan fingerprint density at radius 1 is 1.36 bits per heavy atom. The molecule has 0 saturated carbocycles. The van der Waals surface area contributed by atoms with Crippen LogP contribution in [0.4, 0.5) is 0 Å². The Morgan fingerprint density at radius 3 is 2.68 bits per heavy atom. The highest BCUT2D eigenvalue weighted by atomic mass is 32.2. The molecule has 0 spiro atoms.